The van der Waals surface area contributed by atoms with Gasteiger partial charge in [-0.25, -0.2) is 0 Å². The van der Waals surface area contributed by atoms with Crippen molar-refractivity contribution in [3.05, 3.63) is 36.5 Å². The normalized spacial score (nSPS) is 12.8. The molecule has 0 aliphatic carbocycles. The number of aliphatic hydroxyl groups is 2. The number of esters is 1. The average Bonchev–Trinajstić information content (AvgIpc) is 3.32. The fourth-order valence-electron chi connectivity index (χ4n) is 8.91. The molecule has 0 radical (unpaired) electrons. The van der Waals surface area contributed by atoms with Crippen molar-refractivity contribution in [2.75, 3.05) is 13.2 Å². The quantitative estimate of drug-likeness (QED) is 0.0321. The Balaban J connectivity index is 3.47. The molecule has 0 aliphatic rings. The molecular formula is C60H113NO5. The molecule has 1 amide bonds. The number of ether oxygens (including phenoxy) is 1. The van der Waals surface area contributed by atoms with E-state index in [-0.39, 0.29) is 18.5 Å². The predicted octanol–water partition coefficient (Wildman–Crippen LogP) is 18.0. The topological polar surface area (TPSA) is 95.9 Å². The molecule has 0 rings (SSSR count). The summed E-state index contributed by atoms with van der Waals surface area (Å²) in [5, 5.41) is 23.3. The van der Waals surface area contributed by atoms with Crippen LogP contribution < -0.4 is 5.32 Å². The first kappa shape index (κ1) is 64.1. The smallest absolute Gasteiger partial charge is 0.305 e. The van der Waals surface area contributed by atoms with Crippen LogP contribution in [0.15, 0.2) is 36.5 Å². The highest BCUT2D eigenvalue weighted by molar-refractivity contribution is 5.76. The number of allylic oxidation sites excluding steroid dienone is 6. The molecule has 66 heavy (non-hydrogen) atoms. The van der Waals surface area contributed by atoms with Crippen LogP contribution in [0.25, 0.3) is 0 Å². The number of nitrogens with one attached hydrogen (secondary N) is 1. The maximum atomic E-state index is 12.5. The lowest BCUT2D eigenvalue weighted by atomic mass is 10.0. The minimum atomic E-state index is -0.673. The van der Waals surface area contributed by atoms with E-state index >= 15 is 0 Å². The Labute approximate surface area is 411 Å². The Bertz CT molecular complexity index is 1070. The summed E-state index contributed by atoms with van der Waals surface area (Å²) in [4.78, 5) is 24.5. The molecule has 0 aromatic rings. The summed E-state index contributed by atoms with van der Waals surface area (Å²) < 4.78 is 5.45. The molecule has 0 saturated heterocycles. The zero-order valence-electron chi connectivity index (χ0n) is 44.2. The SMILES string of the molecule is CCC/C=C\C/C=C\CCCCCCCC(=O)OCCCCCCCC/C=C\CCCCCCCCCC(=O)NC(CO)C(O)CCCCCCCCCCCCCCCCCCCCC. The van der Waals surface area contributed by atoms with Crippen molar-refractivity contribution in [1.82, 2.24) is 5.32 Å². The number of amides is 1. The monoisotopic (exact) mass is 928 g/mol. The molecule has 0 spiro atoms. The number of hydrogen-bond donors (Lipinski definition) is 3. The standard InChI is InChI=1S/C60H113NO5/c1-3-5-7-9-11-13-15-17-18-19-20-22-25-29-32-36-40-44-48-52-58(63)57(56-62)61-59(64)53-49-45-41-37-33-30-26-23-21-24-27-31-35-39-43-47-51-55-66-60(65)54-50-46-42-38-34-28-16-14-12-10-8-6-4-2/h8,10,14,16,21,24,57-58,62-63H,3-7,9,11-13,15,17-20,22-23,25-56H2,1-2H3,(H,61,64)/b10-8-,16-14-,24-21-. The van der Waals surface area contributed by atoms with Gasteiger partial charge >= 0.3 is 5.97 Å². The molecule has 3 N–H and O–H groups in total. The first-order valence-electron chi connectivity index (χ1n) is 29.2. The zero-order chi connectivity index (χ0) is 47.9. The highest BCUT2D eigenvalue weighted by Crippen LogP contribution is 2.17. The lowest BCUT2D eigenvalue weighted by molar-refractivity contribution is -0.143. The molecule has 6 heteroatoms. The maximum Gasteiger partial charge on any atom is 0.305 e. The fraction of sp³-hybridized carbons (Fsp3) is 0.867. The molecular weight excluding hydrogens is 815 g/mol. The van der Waals surface area contributed by atoms with Gasteiger partial charge in [-0.3, -0.25) is 9.59 Å². The van der Waals surface area contributed by atoms with Crippen LogP contribution >= 0.6 is 0 Å². The van der Waals surface area contributed by atoms with E-state index in [0.29, 0.717) is 25.9 Å². The van der Waals surface area contributed by atoms with Crippen LogP contribution in [-0.2, 0) is 14.3 Å². The largest absolute Gasteiger partial charge is 0.466 e. The van der Waals surface area contributed by atoms with Crippen molar-refractivity contribution in [3.63, 3.8) is 0 Å². The summed E-state index contributed by atoms with van der Waals surface area (Å²) in [7, 11) is 0. The highest BCUT2D eigenvalue weighted by Gasteiger charge is 2.20. The van der Waals surface area contributed by atoms with E-state index < -0.39 is 12.1 Å². The molecule has 2 unspecified atom stereocenters. The fourth-order valence-corrected chi connectivity index (χ4v) is 8.91. The van der Waals surface area contributed by atoms with E-state index in [1.807, 2.05) is 0 Å². The van der Waals surface area contributed by atoms with E-state index in [0.717, 1.165) is 64.2 Å². The van der Waals surface area contributed by atoms with Crippen molar-refractivity contribution in [2.45, 2.75) is 321 Å². The van der Waals surface area contributed by atoms with Crippen LogP contribution in [0.3, 0.4) is 0 Å². The molecule has 0 aromatic heterocycles. The van der Waals surface area contributed by atoms with Gasteiger partial charge in [0.15, 0.2) is 0 Å². The van der Waals surface area contributed by atoms with Gasteiger partial charge in [0.05, 0.1) is 25.4 Å². The molecule has 6 nitrogen and oxygen atoms in total. The second kappa shape index (κ2) is 55.7. The van der Waals surface area contributed by atoms with E-state index in [2.05, 4.69) is 55.6 Å². The van der Waals surface area contributed by atoms with Crippen molar-refractivity contribution in [3.8, 4) is 0 Å². The third-order valence-electron chi connectivity index (χ3n) is 13.4. The van der Waals surface area contributed by atoms with Gasteiger partial charge in [-0.05, 0) is 77.0 Å². The summed E-state index contributed by atoms with van der Waals surface area (Å²) in [6.07, 6.45) is 68.5. The number of carbonyl (C=O) groups is 2. The lowest BCUT2D eigenvalue weighted by Gasteiger charge is -2.22. The highest BCUT2D eigenvalue weighted by atomic mass is 16.5. The van der Waals surface area contributed by atoms with Gasteiger partial charge in [0, 0.05) is 12.8 Å². The Morgan fingerprint density at radius 2 is 0.788 bits per heavy atom. The summed E-state index contributed by atoms with van der Waals surface area (Å²) in [6, 6.07) is -0.552. The van der Waals surface area contributed by atoms with Gasteiger partial charge in [0.1, 0.15) is 0 Å². The Hall–Kier alpha value is -1.92. The Kier molecular flexibility index (Phi) is 54.1. The molecule has 2 atom stereocenters. The van der Waals surface area contributed by atoms with E-state index in [4.69, 9.17) is 4.74 Å². The summed E-state index contributed by atoms with van der Waals surface area (Å²) in [6.45, 7) is 4.87. The first-order chi connectivity index (χ1) is 32.5. The van der Waals surface area contributed by atoms with Crippen molar-refractivity contribution < 1.29 is 24.5 Å². The second-order valence-electron chi connectivity index (χ2n) is 20.0. The Morgan fingerprint density at radius 1 is 0.424 bits per heavy atom. The lowest BCUT2D eigenvalue weighted by Crippen LogP contribution is -2.45. The molecule has 388 valence electrons. The number of hydrogen-bond acceptors (Lipinski definition) is 5. The summed E-state index contributed by atoms with van der Waals surface area (Å²) >= 11 is 0. The van der Waals surface area contributed by atoms with E-state index in [9.17, 15) is 19.8 Å². The second-order valence-corrected chi connectivity index (χ2v) is 20.0. The minimum absolute atomic E-state index is 0.0171. The van der Waals surface area contributed by atoms with Crippen molar-refractivity contribution >= 4 is 11.9 Å². The molecule has 0 aromatic carbocycles. The van der Waals surface area contributed by atoms with E-state index in [1.54, 1.807) is 0 Å². The Morgan fingerprint density at radius 3 is 1.23 bits per heavy atom. The summed E-state index contributed by atoms with van der Waals surface area (Å²) in [5.41, 5.74) is 0. The van der Waals surface area contributed by atoms with Crippen LogP contribution in [0.5, 0.6) is 0 Å². The van der Waals surface area contributed by atoms with Gasteiger partial charge in [-0.1, -0.05) is 256 Å². The average molecular weight is 929 g/mol. The van der Waals surface area contributed by atoms with Gasteiger partial charge in [0.25, 0.3) is 0 Å². The van der Waals surface area contributed by atoms with Gasteiger partial charge in [-0.15, -0.1) is 0 Å². The number of carbonyl (C=O) groups excluding carboxylic acids is 2. The van der Waals surface area contributed by atoms with Crippen LogP contribution in [0.4, 0.5) is 0 Å². The van der Waals surface area contributed by atoms with Gasteiger partial charge < -0.3 is 20.3 Å². The predicted molar refractivity (Wildman–Crippen MR) is 287 cm³/mol. The minimum Gasteiger partial charge on any atom is -0.466 e. The number of rotatable bonds is 54. The van der Waals surface area contributed by atoms with Crippen LogP contribution in [-0.4, -0.2) is 47.4 Å². The van der Waals surface area contributed by atoms with E-state index in [1.165, 1.54) is 212 Å². The third-order valence-corrected chi connectivity index (χ3v) is 13.4. The molecule has 0 fully saturated rings. The van der Waals surface area contributed by atoms with Gasteiger partial charge in [0.2, 0.25) is 5.91 Å². The molecule has 0 bridgehead atoms. The maximum absolute atomic E-state index is 12.5. The zero-order valence-corrected chi connectivity index (χ0v) is 44.2. The van der Waals surface area contributed by atoms with Crippen molar-refractivity contribution in [1.29, 1.82) is 0 Å². The summed E-state index contributed by atoms with van der Waals surface area (Å²) in [5.74, 6) is -0.0628. The molecule has 0 saturated carbocycles. The number of aliphatic hydroxyl groups excluding tert-OH is 2. The molecule has 0 aliphatic heterocycles. The van der Waals surface area contributed by atoms with Crippen molar-refractivity contribution in [2.24, 2.45) is 0 Å². The first-order valence-corrected chi connectivity index (χ1v) is 29.2. The molecule has 0 heterocycles. The number of unbranched alkanes of at least 4 members (excludes halogenated alkanes) is 37. The third kappa shape index (κ3) is 51.5. The van der Waals surface area contributed by atoms with Gasteiger partial charge in [-0.2, -0.15) is 0 Å². The van der Waals surface area contributed by atoms with Crippen LogP contribution in [0.1, 0.15) is 309 Å². The van der Waals surface area contributed by atoms with Crippen LogP contribution in [0, 0.1) is 0 Å². The van der Waals surface area contributed by atoms with Crippen LogP contribution in [0.2, 0.25) is 0 Å².